The monoisotopic (exact) mass is 429 g/mol. The van der Waals surface area contributed by atoms with Crippen LogP contribution >= 0.6 is 24.0 Å². The molecule has 1 fully saturated rings. The third-order valence-corrected chi connectivity index (χ3v) is 5.44. The number of halogens is 1. The zero-order valence-electron chi connectivity index (χ0n) is 13.9. The summed E-state index contributed by atoms with van der Waals surface area (Å²) in [6, 6.07) is 0.551. The van der Waals surface area contributed by atoms with E-state index >= 15 is 0 Å². The van der Waals surface area contributed by atoms with Crippen molar-refractivity contribution in [2.45, 2.75) is 70.6 Å². The molecule has 1 aliphatic carbocycles. The molecule has 1 unspecified atom stereocenters. The molecule has 0 saturated heterocycles. The van der Waals surface area contributed by atoms with Crippen molar-refractivity contribution >= 4 is 40.7 Å². The summed E-state index contributed by atoms with van der Waals surface area (Å²) in [7, 11) is -0.827. The molecular formula is C15H32IN3OS. The fourth-order valence-corrected chi connectivity index (χ4v) is 3.18. The maximum absolute atomic E-state index is 12.0. The van der Waals surface area contributed by atoms with Gasteiger partial charge in [-0.1, -0.05) is 19.3 Å². The molecule has 21 heavy (non-hydrogen) atoms. The van der Waals surface area contributed by atoms with Gasteiger partial charge >= 0.3 is 0 Å². The summed E-state index contributed by atoms with van der Waals surface area (Å²) in [5.41, 5.74) is 0. The zero-order valence-corrected chi connectivity index (χ0v) is 17.1. The highest BCUT2D eigenvalue weighted by Crippen LogP contribution is 2.17. The highest BCUT2D eigenvalue weighted by Gasteiger charge is 2.19. The van der Waals surface area contributed by atoms with Gasteiger partial charge in [0.15, 0.2) is 5.96 Å². The topological polar surface area (TPSA) is 53.5 Å². The van der Waals surface area contributed by atoms with Gasteiger partial charge in [0.1, 0.15) is 0 Å². The van der Waals surface area contributed by atoms with Crippen LogP contribution in [0.4, 0.5) is 0 Å². The van der Waals surface area contributed by atoms with E-state index in [1.807, 2.05) is 20.8 Å². The summed E-state index contributed by atoms with van der Waals surface area (Å²) in [5, 5.41) is 6.79. The zero-order chi connectivity index (χ0) is 15.0. The summed E-state index contributed by atoms with van der Waals surface area (Å²) in [6.07, 6.45) is 6.45. The highest BCUT2D eigenvalue weighted by molar-refractivity contribution is 14.0. The number of aliphatic imine (C=N–C) groups is 1. The number of nitrogens with one attached hydrogen (secondary N) is 2. The smallest absolute Gasteiger partial charge is 0.191 e. The van der Waals surface area contributed by atoms with E-state index in [0.29, 0.717) is 18.3 Å². The summed E-state index contributed by atoms with van der Waals surface area (Å²) >= 11 is 0. The van der Waals surface area contributed by atoms with Gasteiger partial charge in [-0.25, -0.2) is 0 Å². The van der Waals surface area contributed by atoms with Crippen molar-refractivity contribution in [1.29, 1.82) is 0 Å². The minimum absolute atomic E-state index is 0. The second-order valence-electron chi connectivity index (χ2n) is 6.40. The first kappa shape index (κ1) is 21.1. The van der Waals surface area contributed by atoms with Crippen molar-refractivity contribution in [3.8, 4) is 0 Å². The van der Waals surface area contributed by atoms with Crippen LogP contribution < -0.4 is 10.6 Å². The molecule has 0 amide bonds. The van der Waals surface area contributed by atoms with Crippen LogP contribution in [0.25, 0.3) is 0 Å². The molecule has 1 saturated carbocycles. The summed E-state index contributed by atoms with van der Waals surface area (Å²) in [6.45, 7) is 9.59. The first-order valence-electron chi connectivity index (χ1n) is 7.87. The molecule has 2 N–H and O–H groups in total. The molecule has 4 nitrogen and oxygen atoms in total. The molecule has 1 rings (SSSR count). The van der Waals surface area contributed by atoms with Crippen molar-refractivity contribution in [2.75, 3.05) is 18.8 Å². The largest absolute Gasteiger partial charge is 0.357 e. The van der Waals surface area contributed by atoms with E-state index in [0.717, 1.165) is 12.5 Å². The van der Waals surface area contributed by atoms with E-state index < -0.39 is 10.8 Å². The molecule has 0 aliphatic heterocycles. The normalized spacial score (nSPS) is 18.8. The Kier molecular flexibility index (Phi) is 10.9. The van der Waals surface area contributed by atoms with E-state index in [1.165, 1.54) is 32.1 Å². The third kappa shape index (κ3) is 9.01. The van der Waals surface area contributed by atoms with Crippen LogP contribution in [-0.4, -0.2) is 39.8 Å². The lowest BCUT2D eigenvalue weighted by atomic mass is 9.96. The van der Waals surface area contributed by atoms with Gasteiger partial charge in [0.25, 0.3) is 0 Å². The van der Waals surface area contributed by atoms with Crippen LogP contribution in [0, 0.1) is 0 Å². The van der Waals surface area contributed by atoms with Gasteiger partial charge in [-0.3, -0.25) is 9.20 Å². The third-order valence-electron chi connectivity index (χ3n) is 3.52. The molecular weight excluding hydrogens is 397 g/mol. The lowest BCUT2D eigenvalue weighted by molar-refractivity contribution is 0.410. The fourth-order valence-electron chi connectivity index (χ4n) is 2.31. The van der Waals surface area contributed by atoms with Crippen LogP contribution in [0.15, 0.2) is 4.99 Å². The van der Waals surface area contributed by atoms with Crippen LogP contribution in [0.1, 0.15) is 59.8 Å². The van der Waals surface area contributed by atoms with Crippen LogP contribution in [0.5, 0.6) is 0 Å². The molecule has 0 aromatic heterocycles. The van der Waals surface area contributed by atoms with Gasteiger partial charge in [0.05, 0.1) is 6.54 Å². The number of rotatable bonds is 5. The predicted octanol–water partition coefficient (Wildman–Crippen LogP) is 3.04. The molecule has 0 spiro atoms. The van der Waals surface area contributed by atoms with E-state index in [4.69, 9.17) is 0 Å². The number of guanidine groups is 1. The minimum atomic E-state index is -0.827. The summed E-state index contributed by atoms with van der Waals surface area (Å²) in [5.74, 6) is 1.51. The molecule has 0 radical (unpaired) electrons. The molecule has 0 aromatic rings. The lowest BCUT2D eigenvalue weighted by Gasteiger charge is -2.25. The Morgan fingerprint density at radius 1 is 1.24 bits per heavy atom. The summed E-state index contributed by atoms with van der Waals surface area (Å²) in [4.78, 5) is 4.56. The number of nitrogens with zero attached hydrogens (tertiary/aromatic N) is 1. The Bertz CT molecular complexity index is 336. The summed E-state index contributed by atoms with van der Waals surface area (Å²) < 4.78 is 11.8. The molecule has 0 heterocycles. The van der Waals surface area contributed by atoms with Gasteiger partial charge in [0.2, 0.25) is 0 Å². The van der Waals surface area contributed by atoms with Crippen LogP contribution in [-0.2, 0) is 10.8 Å². The van der Waals surface area contributed by atoms with Crippen molar-refractivity contribution in [2.24, 2.45) is 4.99 Å². The predicted molar refractivity (Wildman–Crippen MR) is 104 cm³/mol. The second-order valence-corrected chi connectivity index (χ2v) is 8.73. The minimum Gasteiger partial charge on any atom is -0.357 e. The van der Waals surface area contributed by atoms with Crippen molar-refractivity contribution < 1.29 is 4.21 Å². The highest BCUT2D eigenvalue weighted by atomic mass is 127. The Hall–Kier alpha value is 0.150. The average Bonchev–Trinajstić information content (AvgIpc) is 2.39. The van der Waals surface area contributed by atoms with E-state index in [-0.39, 0.29) is 28.7 Å². The van der Waals surface area contributed by atoms with Gasteiger partial charge < -0.3 is 10.6 Å². The molecule has 0 bridgehead atoms. The van der Waals surface area contributed by atoms with Gasteiger partial charge in [0, 0.05) is 33.9 Å². The Morgan fingerprint density at radius 3 is 2.38 bits per heavy atom. The molecule has 1 aliphatic rings. The first-order chi connectivity index (χ1) is 9.43. The van der Waals surface area contributed by atoms with Crippen molar-refractivity contribution in [1.82, 2.24) is 10.6 Å². The van der Waals surface area contributed by atoms with E-state index in [9.17, 15) is 4.21 Å². The van der Waals surface area contributed by atoms with E-state index in [1.54, 1.807) is 0 Å². The maximum atomic E-state index is 12.0. The second kappa shape index (κ2) is 10.8. The number of hydrogen-bond donors (Lipinski definition) is 2. The standard InChI is InChI=1S/C15H31N3OS.HI/c1-5-16-14(18-13-9-7-6-8-10-13)17-11-12-20(19)15(2,3)4;/h13H,5-12H2,1-4H3,(H2,16,17,18);1H. The first-order valence-corrected chi connectivity index (χ1v) is 9.18. The average molecular weight is 429 g/mol. The SMILES string of the molecule is CCNC(=NCCS(=O)C(C)(C)C)NC1CCCCC1.I. The molecule has 1 atom stereocenters. The molecule has 126 valence electrons. The maximum Gasteiger partial charge on any atom is 0.191 e. The Balaban J connectivity index is 0.00000400. The van der Waals surface area contributed by atoms with Crippen molar-refractivity contribution in [3.63, 3.8) is 0 Å². The van der Waals surface area contributed by atoms with Crippen LogP contribution in [0.2, 0.25) is 0 Å². The van der Waals surface area contributed by atoms with Crippen molar-refractivity contribution in [3.05, 3.63) is 0 Å². The number of hydrogen-bond acceptors (Lipinski definition) is 2. The fraction of sp³-hybridized carbons (Fsp3) is 0.933. The molecule has 0 aromatic carbocycles. The van der Waals surface area contributed by atoms with Crippen LogP contribution in [0.3, 0.4) is 0 Å². The van der Waals surface area contributed by atoms with E-state index in [2.05, 4.69) is 22.5 Å². The Labute approximate surface area is 149 Å². The van der Waals surface area contributed by atoms with Gasteiger partial charge in [-0.15, -0.1) is 24.0 Å². The van der Waals surface area contributed by atoms with Gasteiger partial charge in [-0.05, 0) is 40.5 Å². The molecule has 6 heteroatoms. The lowest BCUT2D eigenvalue weighted by Crippen LogP contribution is -2.44. The van der Waals surface area contributed by atoms with Gasteiger partial charge in [-0.2, -0.15) is 0 Å². The quantitative estimate of drug-likeness (QED) is 0.401. The Morgan fingerprint density at radius 2 is 1.86 bits per heavy atom.